The fraction of sp³-hybridized carbons (Fsp3) is 0.417. The zero-order chi connectivity index (χ0) is 11.5. The number of fused-ring (bicyclic) bond motifs is 1. The third-order valence-electron chi connectivity index (χ3n) is 2.89. The van der Waals surface area contributed by atoms with Crippen LogP contribution in [0.25, 0.3) is 0 Å². The molecule has 0 amide bonds. The second-order valence-corrected chi connectivity index (χ2v) is 4.17. The molecular weight excluding hydrogens is 216 g/mol. The summed E-state index contributed by atoms with van der Waals surface area (Å²) in [6.45, 7) is 1.51. The zero-order valence-electron chi connectivity index (χ0n) is 9.54. The number of nitrogens with zero attached hydrogens (tertiary/aromatic N) is 4. The highest BCUT2D eigenvalue weighted by atomic mass is 16.5. The lowest BCUT2D eigenvalue weighted by Crippen LogP contribution is -2.10. The van der Waals surface area contributed by atoms with Crippen LogP contribution in [0.15, 0.2) is 24.8 Å². The lowest BCUT2D eigenvalue weighted by atomic mass is 10.1. The summed E-state index contributed by atoms with van der Waals surface area (Å²) in [5, 5.41) is 4.52. The van der Waals surface area contributed by atoms with Crippen molar-refractivity contribution in [3.63, 3.8) is 0 Å². The molecule has 3 rings (SSSR count). The molecule has 5 nitrogen and oxygen atoms in total. The molecule has 0 saturated heterocycles. The van der Waals surface area contributed by atoms with Crippen LogP contribution >= 0.6 is 0 Å². The van der Waals surface area contributed by atoms with E-state index in [9.17, 15) is 0 Å². The van der Waals surface area contributed by atoms with Gasteiger partial charge in [-0.1, -0.05) is 0 Å². The minimum absolute atomic E-state index is 0.480. The minimum atomic E-state index is 0.480. The van der Waals surface area contributed by atoms with Crippen LogP contribution in [0.3, 0.4) is 0 Å². The van der Waals surface area contributed by atoms with Crippen molar-refractivity contribution < 1.29 is 4.74 Å². The van der Waals surface area contributed by atoms with Crippen LogP contribution in [-0.4, -0.2) is 19.7 Å². The Balaban J connectivity index is 1.67. The maximum absolute atomic E-state index is 5.57. The fourth-order valence-electron chi connectivity index (χ4n) is 2.07. The molecular formula is C12H14N4O. The van der Waals surface area contributed by atoms with Gasteiger partial charge in [0.25, 0.3) is 0 Å². The number of hydrogen-bond acceptors (Lipinski definition) is 4. The van der Waals surface area contributed by atoms with Crippen molar-refractivity contribution in [2.75, 3.05) is 0 Å². The summed E-state index contributed by atoms with van der Waals surface area (Å²) in [7, 11) is 0. The van der Waals surface area contributed by atoms with Gasteiger partial charge in [-0.3, -0.25) is 4.68 Å². The summed E-state index contributed by atoms with van der Waals surface area (Å²) in [5.74, 6) is 0.679. The quantitative estimate of drug-likeness (QED) is 0.803. The van der Waals surface area contributed by atoms with E-state index in [4.69, 9.17) is 4.74 Å². The van der Waals surface area contributed by atoms with Crippen molar-refractivity contribution in [3.05, 3.63) is 36.2 Å². The number of ether oxygens (including phenoxy) is 1. The summed E-state index contributed by atoms with van der Waals surface area (Å²) < 4.78 is 7.66. The van der Waals surface area contributed by atoms with Crippen molar-refractivity contribution in [2.45, 2.75) is 32.4 Å². The largest absolute Gasteiger partial charge is 0.484 e. The first kappa shape index (κ1) is 10.3. The second kappa shape index (κ2) is 4.53. The van der Waals surface area contributed by atoms with E-state index in [1.807, 2.05) is 0 Å². The van der Waals surface area contributed by atoms with Gasteiger partial charge in [0, 0.05) is 12.2 Å². The molecule has 0 saturated carbocycles. The molecule has 0 aliphatic carbocycles. The van der Waals surface area contributed by atoms with Crippen molar-refractivity contribution in [3.8, 4) is 5.75 Å². The molecule has 0 atom stereocenters. The predicted molar refractivity (Wildman–Crippen MR) is 61.5 cm³/mol. The van der Waals surface area contributed by atoms with Crippen LogP contribution in [0.4, 0.5) is 0 Å². The summed E-state index contributed by atoms with van der Waals surface area (Å²) in [6, 6.07) is 2.13. The van der Waals surface area contributed by atoms with E-state index in [2.05, 4.69) is 25.8 Å². The standard InChI is InChI=1S/C12H14N4O/c1-2-4-16-11(3-1)5-10(15-16)8-17-12-6-13-9-14-7-12/h5-7,9H,1-4,8H2. The predicted octanol–water partition coefficient (Wildman–Crippen LogP) is 1.59. The number of aryl methyl sites for hydroxylation is 2. The van der Waals surface area contributed by atoms with Crippen LogP contribution in [0.1, 0.15) is 24.2 Å². The van der Waals surface area contributed by atoms with E-state index >= 15 is 0 Å². The van der Waals surface area contributed by atoms with E-state index in [1.165, 1.54) is 24.9 Å². The zero-order valence-corrected chi connectivity index (χ0v) is 9.54. The Bertz CT molecular complexity index is 471. The maximum Gasteiger partial charge on any atom is 0.156 e. The number of aromatic nitrogens is 4. The van der Waals surface area contributed by atoms with Gasteiger partial charge in [0.1, 0.15) is 18.6 Å². The first-order valence-corrected chi connectivity index (χ1v) is 5.85. The Kier molecular flexibility index (Phi) is 2.73. The molecule has 0 spiro atoms. The molecule has 1 aliphatic rings. The number of hydrogen-bond donors (Lipinski definition) is 0. The molecule has 0 fully saturated rings. The molecule has 17 heavy (non-hydrogen) atoms. The molecule has 2 aromatic rings. The maximum atomic E-state index is 5.57. The molecule has 0 N–H and O–H groups in total. The monoisotopic (exact) mass is 230 g/mol. The Labute approximate surface area is 99.5 Å². The lowest BCUT2D eigenvalue weighted by molar-refractivity contribution is 0.296. The van der Waals surface area contributed by atoms with Gasteiger partial charge in [0.05, 0.1) is 12.4 Å². The average Bonchev–Trinajstić information content (AvgIpc) is 2.80. The van der Waals surface area contributed by atoms with E-state index in [0.717, 1.165) is 18.7 Å². The van der Waals surface area contributed by atoms with Gasteiger partial charge >= 0.3 is 0 Å². The highest BCUT2D eigenvalue weighted by Gasteiger charge is 2.12. The van der Waals surface area contributed by atoms with E-state index < -0.39 is 0 Å². The highest BCUT2D eigenvalue weighted by molar-refractivity contribution is 5.14. The molecule has 1 aliphatic heterocycles. The summed E-state index contributed by atoms with van der Waals surface area (Å²) in [4.78, 5) is 7.80. The topological polar surface area (TPSA) is 52.8 Å². The molecule has 2 aromatic heterocycles. The fourth-order valence-corrected chi connectivity index (χ4v) is 2.07. The van der Waals surface area contributed by atoms with Gasteiger partial charge in [0.15, 0.2) is 5.75 Å². The van der Waals surface area contributed by atoms with E-state index in [-0.39, 0.29) is 0 Å². The SMILES string of the molecule is c1ncc(OCc2cc3n(n2)CCCC3)cn1. The molecule has 3 heterocycles. The third-order valence-corrected chi connectivity index (χ3v) is 2.89. The second-order valence-electron chi connectivity index (χ2n) is 4.17. The van der Waals surface area contributed by atoms with Gasteiger partial charge in [-0.05, 0) is 25.3 Å². The first-order chi connectivity index (χ1) is 8.42. The van der Waals surface area contributed by atoms with Crippen LogP contribution in [0.2, 0.25) is 0 Å². The highest BCUT2D eigenvalue weighted by Crippen LogP contribution is 2.16. The lowest BCUT2D eigenvalue weighted by Gasteiger charge is -2.11. The van der Waals surface area contributed by atoms with Crippen molar-refractivity contribution in [2.24, 2.45) is 0 Å². The van der Waals surface area contributed by atoms with Gasteiger partial charge in [-0.15, -0.1) is 0 Å². The minimum Gasteiger partial charge on any atom is -0.484 e. The third kappa shape index (κ3) is 2.27. The van der Waals surface area contributed by atoms with Crippen molar-refractivity contribution in [1.82, 2.24) is 19.7 Å². The molecule has 0 unspecified atom stereocenters. The van der Waals surface area contributed by atoms with E-state index in [1.54, 1.807) is 12.4 Å². The van der Waals surface area contributed by atoms with Crippen molar-refractivity contribution in [1.29, 1.82) is 0 Å². The van der Waals surface area contributed by atoms with Crippen LogP contribution in [0, 0.1) is 0 Å². The summed E-state index contributed by atoms with van der Waals surface area (Å²) in [6.07, 6.45) is 8.41. The molecule has 0 bridgehead atoms. The normalized spacial score (nSPS) is 14.4. The Morgan fingerprint density at radius 2 is 2.12 bits per heavy atom. The van der Waals surface area contributed by atoms with Gasteiger partial charge in [0.2, 0.25) is 0 Å². The summed E-state index contributed by atoms with van der Waals surface area (Å²) in [5.41, 5.74) is 2.30. The molecule has 0 aromatic carbocycles. The Morgan fingerprint density at radius 1 is 1.24 bits per heavy atom. The van der Waals surface area contributed by atoms with Crippen LogP contribution in [0.5, 0.6) is 5.75 Å². The van der Waals surface area contributed by atoms with Crippen molar-refractivity contribution >= 4 is 0 Å². The molecule has 88 valence electrons. The van der Waals surface area contributed by atoms with Crippen LogP contribution < -0.4 is 4.74 Å². The van der Waals surface area contributed by atoms with Gasteiger partial charge in [-0.2, -0.15) is 5.10 Å². The van der Waals surface area contributed by atoms with Gasteiger partial charge < -0.3 is 4.74 Å². The molecule has 0 radical (unpaired) electrons. The Hall–Kier alpha value is -1.91. The first-order valence-electron chi connectivity index (χ1n) is 5.85. The smallest absolute Gasteiger partial charge is 0.156 e. The van der Waals surface area contributed by atoms with Crippen LogP contribution in [-0.2, 0) is 19.6 Å². The summed E-state index contributed by atoms with van der Waals surface area (Å²) >= 11 is 0. The van der Waals surface area contributed by atoms with Gasteiger partial charge in [-0.25, -0.2) is 9.97 Å². The van der Waals surface area contributed by atoms with E-state index in [0.29, 0.717) is 12.4 Å². The molecule has 5 heteroatoms. The number of rotatable bonds is 3. The average molecular weight is 230 g/mol. The Morgan fingerprint density at radius 3 is 2.94 bits per heavy atom.